The SMILES string of the molecule is COc1ccc(O)c(C(=O)NCC2(O)CCOCC2)c1. The van der Waals surface area contributed by atoms with Crippen LogP contribution in [0, 0.1) is 0 Å². The molecule has 0 radical (unpaired) electrons. The van der Waals surface area contributed by atoms with E-state index in [-0.39, 0.29) is 17.9 Å². The third-order valence-electron chi connectivity index (χ3n) is 3.45. The fourth-order valence-electron chi connectivity index (χ4n) is 2.09. The number of aromatic hydroxyl groups is 1. The van der Waals surface area contributed by atoms with Crippen molar-refractivity contribution in [2.24, 2.45) is 0 Å². The number of carbonyl (C=O) groups excluding carboxylic acids is 1. The molecule has 1 heterocycles. The normalized spacial score (nSPS) is 17.5. The molecule has 0 spiro atoms. The summed E-state index contributed by atoms with van der Waals surface area (Å²) < 4.78 is 10.2. The maximum absolute atomic E-state index is 12.0. The summed E-state index contributed by atoms with van der Waals surface area (Å²) in [6.45, 7) is 1.10. The van der Waals surface area contributed by atoms with Crippen LogP contribution in [0.4, 0.5) is 0 Å². The van der Waals surface area contributed by atoms with E-state index in [9.17, 15) is 15.0 Å². The van der Waals surface area contributed by atoms with E-state index in [0.29, 0.717) is 31.8 Å². The molecule has 0 bridgehead atoms. The number of ether oxygens (including phenoxy) is 2. The molecular weight excluding hydrogens is 262 g/mol. The van der Waals surface area contributed by atoms with Crippen LogP contribution in [0.25, 0.3) is 0 Å². The summed E-state index contributed by atoms with van der Waals surface area (Å²) in [5, 5.41) is 22.6. The van der Waals surface area contributed by atoms with E-state index >= 15 is 0 Å². The second kappa shape index (κ2) is 6.11. The van der Waals surface area contributed by atoms with Crippen LogP contribution in [0.5, 0.6) is 11.5 Å². The van der Waals surface area contributed by atoms with Crippen molar-refractivity contribution in [2.75, 3.05) is 26.9 Å². The topological polar surface area (TPSA) is 88.0 Å². The minimum absolute atomic E-state index is 0.123. The molecule has 0 aliphatic carbocycles. The Morgan fingerprint density at radius 3 is 2.80 bits per heavy atom. The molecule has 1 aliphatic rings. The molecule has 20 heavy (non-hydrogen) atoms. The molecule has 2 rings (SSSR count). The number of hydrogen-bond donors (Lipinski definition) is 3. The van der Waals surface area contributed by atoms with Crippen molar-refractivity contribution < 1.29 is 24.5 Å². The second-order valence-electron chi connectivity index (χ2n) is 4.90. The van der Waals surface area contributed by atoms with Gasteiger partial charge in [0.15, 0.2) is 0 Å². The minimum Gasteiger partial charge on any atom is -0.507 e. The molecule has 0 saturated carbocycles. The number of methoxy groups -OCH3 is 1. The Labute approximate surface area is 117 Å². The van der Waals surface area contributed by atoms with Crippen molar-refractivity contribution in [1.82, 2.24) is 5.32 Å². The standard InChI is InChI=1S/C14H19NO5/c1-19-10-2-3-12(16)11(8-10)13(17)15-9-14(18)4-6-20-7-5-14/h2-3,8,16,18H,4-7,9H2,1H3,(H,15,17). The van der Waals surface area contributed by atoms with Crippen molar-refractivity contribution in [3.05, 3.63) is 23.8 Å². The maximum Gasteiger partial charge on any atom is 0.255 e. The highest BCUT2D eigenvalue weighted by molar-refractivity contribution is 5.97. The number of amides is 1. The van der Waals surface area contributed by atoms with Crippen LogP contribution in [0.15, 0.2) is 18.2 Å². The average molecular weight is 281 g/mol. The zero-order chi connectivity index (χ0) is 14.6. The summed E-state index contributed by atoms with van der Waals surface area (Å²) in [5.74, 6) is -0.0821. The molecule has 1 aromatic rings. The van der Waals surface area contributed by atoms with Crippen molar-refractivity contribution >= 4 is 5.91 Å². The summed E-state index contributed by atoms with van der Waals surface area (Å²) in [6, 6.07) is 4.42. The van der Waals surface area contributed by atoms with E-state index < -0.39 is 11.5 Å². The van der Waals surface area contributed by atoms with E-state index in [1.807, 2.05) is 0 Å². The van der Waals surface area contributed by atoms with Gasteiger partial charge in [-0.2, -0.15) is 0 Å². The second-order valence-corrected chi connectivity index (χ2v) is 4.90. The van der Waals surface area contributed by atoms with Gasteiger partial charge in [-0.3, -0.25) is 4.79 Å². The first-order valence-electron chi connectivity index (χ1n) is 6.49. The first kappa shape index (κ1) is 14.6. The zero-order valence-electron chi connectivity index (χ0n) is 11.4. The van der Waals surface area contributed by atoms with Crippen molar-refractivity contribution in [3.63, 3.8) is 0 Å². The van der Waals surface area contributed by atoms with E-state index in [0.717, 1.165) is 0 Å². The van der Waals surface area contributed by atoms with Gasteiger partial charge in [-0.15, -0.1) is 0 Å². The lowest BCUT2D eigenvalue weighted by atomic mass is 9.94. The van der Waals surface area contributed by atoms with Gasteiger partial charge in [0.1, 0.15) is 11.5 Å². The van der Waals surface area contributed by atoms with Gasteiger partial charge in [0.2, 0.25) is 0 Å². The summed E-state index contributed by atoms with van der Waals surface area (Å²) >= 11 is 0. The Balaban J connectivity index is 2.01. The predicted molar refractivity (Wildman–Crippen MR) is 72.0 cm³/mol. The van der Waals surface area contributed by atoms with Gasteiger partial charge in [-0.1, -0.05) is 0 Å². The molecule has 1 aromatic carbocycles. The van der Waals surface area contributed by atoms with E-state index in [2.05, 4.69) is 5.32 Å². The Morgan fingerprint density at radius 1 is 1.45 bits per heavy atom. The van der Waals surface area contributed by atoms with Gasteiger partial charge >= 0.3 is 0 Å². The first-order valence-corrected chi connectivity index (χ1v) is 6.49. The van der Waals surface area contributed by atoms with Gasteiger partial charge in [0.05, 0.1) is 18.3 Å². The molecule has 6 heteroatoms. The molecule has 3 N–H and O–H groups in total. The van der Waals surface area contributed by atoms with Crippen molar-refractivity contribution in [1.29, 1.82) is 0 Å². The van der Waals surface area contributed by atoms with Crippen LogP contribution in [0.2, 0.25) is 0 Å². The molecule has 1 saturated heterocycles. The molecule has 0 aromatic heterocycles. The predicted octanol–water partition coefficient (Wildman–Crippen LogP) is 0.672. The molecular formula is C14H19NO5. The van der Waals surface area contributed by atoms with Gasteiger partial charge in [-0.05, 0) is 18.2 Å². The number of carbonyl (C=O) groups is 1. The molecule has 1 aliphatic heterocycles. The summed E-state index contributed by atoms with van der Waals surface area (Å²) in [4.78, 5) is 12.0. The molecule has 0 unspecified atom stereocenters. The number of phenols is 1. The van der Waals surface area contributed by atoms with Gasteiger partial charge in [0.25, 0.3) is 5.91 Å². The van der Waals surface area contributed by atoms with Crippen molar-refractivity contribution in [3.8, 4) is 11.5 Å². The monoisotopic (exact) mass is 281 g/mol. The third-order valence-corrected chi connectivity index (χ3v) is 3.45. The summed E-state index contributed by atoms with van der Waals surface area (Å²) in [7, 11) is 1.48. The lowest BCUT2D eigenvalue weighted by Gasteiger charge is -2.32. The summed E-state index contributed by atoms with van der Waals surface area (Å²) in [5.41, 5.74) is -0.817. The first-order chi connectivity index (χ1) is 9.54. The lowest BCUT2D eigenvalue weighted by Crippen LogP contribution is -2.46. The van der Waals surface area contributed by atoms with Crippen LogP contribution in [-0.2, 0) is 4.74 Å². The van der Waals surface area contributed by atoms with Crippen LogP contribution in [-0.4, -0.2) is 48.6 Å². The fraction of sp³-hybridized carbons (Fsp3) is 0.500. The third kappa shape index (κ3) is 3.40. The van der Waals surface area contributed by atoms with Crippen molar-refractivity contribution in [2.45, 2.75) is 18.4 Å². The van der Waals surface area contributed by atoms with Crippen LogP contribution < -0.4 is 10.1 Å². The molecule has 6 nitrogen and oxygen atoms in total. The number of phenolic OH excluding ortho intramolecular Hbond substituents is 1. The van der Waals surface area contributed by atoms with Crippen LogP contribution >= 0.6 is 0 Å². The minimum atomic E-state index is -0.942. The Bertz CT molecular complexity index is 482. The fourth-order valence-corrected chi connectivity index (χ4v) is 2.09. The maximum atomic E-state index is 12.0. The average Bonchev–Trinajstić information content (AvgIpc) is 2.46. The van der Waals surface area contributed by atoms with Gasteiger partial charge < -0.3 is 25.0 Å². The van der Waals surface area contributed by atoms with Crippen LogP contribution in [0.3, 0.4) is 0 Å². The van der Waals surface area contributed by atoms with E-state index in [4.69, 9.17) is 9.47 Å². The van der Waals surface area contributed by atoms with Gasteiger partial charge in [0, 0.05) is 32.6 Å². The smallest absolute Gasteiger partial charge is 0.255 e. The lowest BCUT2D eigenvalue weighted by molar-refractivity contribution is -0.0605. The highest BCUT2D eigenvalue weighted by atomic mass is 16.5. The van der Waals surface area contributed by atoms with E-state index in [1.54, 1.807) is 6.07 Å². The Hall–Kier alpha value is -1.79. The number of nitrogens with one attached hydrogen (secondary N) is 1. The van der Waals surface area contributed by atoms with Crippen LogP contribution in [0.1, 0.15) is 23.2 Å². The molecule has 0 atom stereocenters. The quantitative estimate of drug-likeness (QED) is 0.755. The number of aliphatic hydroxyl groups is 1. The number of rotatable bonds is 4. The molecule has 110 valence electrons. The van der Waals surface area contributed by atoms with Gasteiger partial charge in [-0.25, -0.2) is 0 Å². The number of hydrogen-bond acceptors (Lipinski definition) is 5. The highest BCUT2D eigenvalue weighted by Crippen LogP contribution is 2.23. The zero-order valence-corrected chi connectivity index (χ0v) is 11.4. The number of benzene rings is 1. The summed E-state index contributed by atoms with van der Waals surface area (Å²) in [6.07, 6.45) is 0.967. The Morgan fingerprint density at radius 2 is 2.15 bits per heavy atom. The highest BCUT2D eigenvalue weighted by Gasteiger charge is 2.30. The largest absolute Gasteiger partial charge is 0.507 e. The molecule has 1 fully saturated rings. The van der Waals surface area contributed by atoms with E-state index in [1.165, 1.54) is 19.2 Å². The molecule has 1 amide bonds. The Kier molecular flexibility index (Phi) is 4.46.